The molecule has 9 heteroatoms. The first-order valence-electron chi connectivity index (χ1n) is 8.15. The molecule has 0 saturated heterocycles. The number of carbonyl (C=O) groups is 1. The van der Waals surface area contributed by atoms with Crippen molar-refractivity contribution in [2.45, 2.75) is 26.9 Å². The van der Waals surface area contributed by atoms with Crippen LogP contribution in [0.5, 0.6) is 0 Å². The Morgan fingerprint density at radius 1 is 1.26 bits per heavy atom. The smallest absolute Gasteiger partial charge is 0.312 e. The molecule has 0 aliphatic heterocycles. The van der Waals surface area contributed by atoms with E-state index >= 15 is 0 Å². The van der Waals surface area contributed by atoms with E-state index in [1.54, 1.807) is 36.7 Å². The van der Waals surface area contributed by atoms with Crippen molar-refractivity contribution in [1.29, 1.82) is 0 Å². The van der Waals surface area contributed by atoms with Gasteiger partial charge in [-0.1, -0.05) is 23.7 Å². The quantitative estimate of drug-likeness (QED) is 0.494. The Kier molecular flexibility index (Phi) is 5.57. The van der Waals surface area contributed by atoms with Gasteiger partial charge in [0.15, 0.2) is 0 Å². The molecule has 7 nitrogen and oxygen atoms in total. The molecule has 140 valence electrons. The predicted octanol–water partition coefficient (Wildman–Crippen LogP) is 4.10. The van der Waals surface area contributed by atoms with Crippen LogP contribution in [0.1, 0.15) is 32.2 Å². The molecule has 27 heavy (non-hydrogen) atoms. The summed E-state index contributed by atoms with van der Waals surface area (Å²) in [5.41, 5.74) is 2.38. The molecule has 2 aromatic heterocycles. The lowest BCUT2D eigenvalue weighted by molar-refractivity contribution is -0.386. The maximum absolute atomic E-state index is 12.2. The molecule has 0 fully saturated rings. The van der Waals surface area contributed by atoms with Gasteiger partial charge in [0.2, 0.25) is 0 Å². The number of halogens is 1. The second kappa shape index (κ2) is 7.89. The standard InChI is InChI=1S/C18H17ClN4O3S/c1-11-17(23(25)26)12(2)22(21-11)10-13-3-5-14(6-4-13)18(24)20-9-15-7-8-16(19)27-15/h3-8H,9-10H2,1-2H3,(H,20,24). The summed E-state index contributed by atoms with van der Waals surface area (Å²) in [6.45, 7) is 4.12. The van der Waals surface area contributed by atoms with Gasteiger partial charge in [-0.3, -0.25) is 19.6 Å². The number of benzene rings is 1. The van der Waals surface area contributed by atoms with E-state index in [1.807, 2.05) is 18.2 Å². The molecule has 0 saturated carbocycles. The molecule has 1 N–H and O–H groups in total. The van der Waals surface area contributed by atoms with Crippen LogP contribution < -0.4 is 5.32 Å². The maximum Gasteiger partial charge on any atom is 0.312 e. The first kappa shape index (κ1) is 19.1. The van der Waals surface area contributed by atoms with Crippen LogP contribution >= 0.6 is 22.9 Å². The molecule has 3 rings (SSSR count). The highest BCUT2D eigenvalue weighted by molar-refractivity contribution is 7.16. The van der Waals surface area contributed by atoms with Gasteiger partial charge in [-0.05, 0) is 43.7 Å². The van der Waals surface area contributed by atoms with Crippen LogP contribution in [0.4, 0.5) is 5.69 Å². The topological polar surface area (TPSA) is 90.1 Å². The summed E-state index contributed by atoms with van der Waals surface area (Å²) in [4.78, 5) is 23.9. The third kappa shape index (κ3) is 4.35. The van der Waals surface area contributed by atoms with Crippen molar-refractivity contribution < 1.29 is 9.72 Å². The number of aryl methyl sites for hydroxylation is 1. The molecule has 0 spiro atoms. The second-order valence-corrected chi connectivity index (χ2v) is 7.82. The number of aromatic nitrogens is 2. The Labute approximate surface area is 164 Å². The van der Waals surface area contributed by atoms with Crippen LogP contribution in [-0.2, 0) is 13.1 Å². The molecular formula is C18H17ClN4O3S. The number of carbonyl (C=O) groups excluding carboxylic acids is 1. The highest BCUT2D eigenvalue weighted by atomic mass is 35.5. The summed E-state index contributed by atoms with van der Waals surface area (Å²) >= 11 is 7.31. The molecule has 1 aromatic carbocycles. The van der Waals surface area contributed by atoms with E-state index in [-0.39, 0.29) is 11.6 Å². The van der Waals surface area contributed by atoms with Gasteiger partial charge in [0.05, 0.1) is 22.3 Å². The van der Waals surface area contributed by atoms with Crippen molar-refractivity contribution in [2.75, 3.05) is 0 Å². The number of hydrogen-bond acceptors (Lipinski definition) is 5. The Hall–Kier alpha value is -2.71. The number of rotatable bonds is 6. The Morgan fingerprint density at radius 2 is 1.96 bits per heavy atom. The predicted molar refractivity (Wildman–Crippen MR) is 104 cm³/mol. The van der Waals surface area contributed by atoms with E-state index in [0.29, 0.717) is 34.4 Å². The minimum absolute atomic E-state index is 0.0414. The van der Waals surface area contributed by atoms with Crippen LogP contribution in [0, 0.1) is 24.0 Å². The monoisotopic (exact) mass is 404 g/mol. The molecule has 0 aliphatic rings. The van der Waals surface area contributed by atoms with Gasteiger partial charge in [0.25, 0.3) is 5.91 Å². The van der Waals surface area contributed by atoms with E-state index in [0.717, 1.165) is 10.4 Å². The number of nitrogens with zero attached hydrogens (tertiary/aromatic N) is 3. The molecule has 0 radical (unpaired) electrons. The van der Waals surface area contributed by atoms with Crippen molar-refractivity contribution in [2.24, 2.45) is 0 Å². The van der Waals surface area contributed by atoms with Crippen molar-refractivity contribution in [3.05, 3.63) is 78.2 Å². The summed E-state index contributed by atoms with van der Waals surface area (Å²) in [5, 5.41) is 18.2. The van der Waals surface area contributed by atoms with Gasteiger partial charge < -0.3 is 5.32 Å². The summed E-state index contributed by atoms with van der Waals surface area (Å²) in [6, 6.07) is 10.8. The minimum atomic E-state index is -0.414. The number of hydrogen-bond donors (Lipinski definition) is 1. The Bertz CT molecular complexity index is 995. The molecule has 2 heterocycles. The van der Waals surface area contributed by atoms with E-state index in [1.165, 1.54) is 11.3 Å². The van der Waals surface area contributed by atoms with Crippen molar-refractivity contribution >= 4 is 34.5 Å². The highest BCUT2D eigenvalue weighted by Crippen LogP contribution is 2.23. The first-order chi connectivity index (χ1) is 12.8. The average molecular weight is 405 g/mol. The fraction of sp³-hybridized carbons (Fsp3) is 0.222. The van der Waals surface area contributed by atoms with Gasteiger partial charge in [-0.15, -0.1) is 11.3 Å². The zero-order valence-electron chi connectivity index (χ0n) is 14.7. The van der Waals surface area contributed by atoms with E-state index in [4.69, 9.17) is 11.6 Å². The summed E-state index contributed by atoms with van der Waals surface area (Å²) in [7, 11) is 0. The average Bonchev–Trinajstić information content (AvgIpc) is 3.16. The van der Waals surface area contributed by atoms with Crippen molar-refractivity contribution in [1.82, 2.24) is 15.1 Å². The van der Waals surface area contributed by atoms with Crippen LogP contribution in [0.2, 0.25) is 4.34 Å². The molecule has 1 amide bonds. The second-order valence-electron chi connectivity index (χ2n) is 6.02. The highest BCUT2D eigenvalue weighted by Gasteiger charge is 2.21. The van der Waals surface area contributed by atoms with Gasteiger partial charge in [-0.2, -0.15) is 5.10 Å². The normalized spacial score (nSPS) is 10.8. The lowest BCUT2D eigenvalue weighted by Gasteiger charge is -2.07. The maximum atomic E-state index is 12.2. The third-order valence-corrected chi connectivity index (χ3v) is 5.36. The molecule has 0 aliphatic carbocycles. The number of thiophene rings is 1. The number of nitrogens with one attached hydrogen (secondary N) is 1. The fourth-order valence-electron chi connectivity index (χ4n) is 2.76. The van der Waals surface area contributed by atoms with Crippen LogP contribution in [0.25, 0.3) is 0 Å². The van der Waals surface area contributed by atoms with Gasteiger partial charge in [0.1, 0.15) is 11.4 Å². The summed E-state index contributed by atoms with van der Waals surface area (Å²) in [6.07, 6.45) is 0. The zero-order chi connectivity index (χ0) is 19.6. The van der Waals surface area contributed by atoms with Crippen LogP contribution in [-0.4, -0.2) is 20.6 Å². The van der Waals surface area contributed by atoms with E-state index < -0.39 is 4.92 Å². The van der Waals surface area contributed by atoms with Gasteiger partial charge >= 0.3 is 5.69 Å². The summed E-state index contributed by atoms with van der Waals surface area (Å²) < 4.78 is 2.29. The van der Waals surface area contributed by atoms with E-state index in [9.17, 15) is 14.9 Å². The van der Waals surface area contributed by atoms with Gasteiger partial charge in [-0.25, -0.2) is 0 Å². The third-order valence-electron chi connectivity index (χ3n) is 4.13. The fourth-order valence-corrected chi connectivity index (χ4v) is 3.78. The lowest BCUT2D eigenvalue weighted by atomic mass is 10.1. The number of nitro groups is 1. The van der Waals surface area contributed by atoms with Gasteiger partial charge in [0, 0.05) is 10.4 Å². The largest absolute Gasteiger partial charge is 0.347 e. The first-order valence-corrected chi connectivity index (χ1v) is 9.34. The number of amides is 1. The van der Waals surface area contributed by atoms with Crippen LogP contribution in [0.3, 0.4) is 0 Å². The van der Waals surface area contributed by atoms with Crippen molar-refractivity contribution in [3.63, 3.8) is 0 Å². The molecular weight excluding hydrogens is 388 g/mol. The van der Waals surface area contributed by atoms with Crippen molar-refractivity contribution in [3.8, 4) is 0 Å². The molecule has 0 unspecified atom stereocenters. The SMILES string of the molecule is Cc1nn(Cc2ccc(C(=O)NCc3ccc(Cl)s3)cc2)c(C)c1[N+](=O)[O-]. The van der Waals surface area contributed by atoms with Crippen LogP contribution in [0.15, 0.2) is 36.4 Å². The molecule has 0 bridgehead atoms. The minimum Gasteiger partial charge on any atom is -0.347 e. The molecule has 3 aromatic rings. The molecule has 0 atom stereocenters. The Morgan fingerprint density at radius 3 is 2.52 bits per heavy atom. The van der Waals surface area contributed by atoms with E-state index in [2.05, 4.69) is 10.4 Å². The summed E-state index contributed by atoms with van der Waals surface area (Å²) in [5.74, 6) is -0.173. The Balaban J connectivity index is 1.66. The lowest BCUT2D eigenvalue weighted by Crippen LogP contribution is -2.22. The zero-order valence-corrected chi connectivity index (χ0v) is 16.3.